The Morgan fingerprint density at radius 2 is 2.00 bits per heavy atom. The molecule has 0 aromatic heterocycles. The predicted molar refractivity (Wildman–Crippen MR) is 56.1 cm³/mol. The van der Waals surface area contributed by atoms with Crippen LogP contribution in [-0.4, -0.2) is 0 Å². The standard InChI is InChI=1S/C11H12ClF2N/c1-10(13,14)7-2-3-8(9(12)6-7)11(15)4-5-11/h2-3,6H,4-5,15H2,1H3. The molecule has 0 atom stereocenters. The van der Waals surface area contributed by atoms with Gasteiger partial charge in [0.1, 0.15) is 0 Å². The fraction of sp³-hybridized carbons (Fsp3) is 0.455. The molecule has 82 valence electrons. The van der Waals surface area contributed by atoms with Crippen molar-refractivity contribution in [1.29, 1.82) is 0 Å². The van der Waals surface area contributed by atoms with Crippen molar-refractivity contribution in [2.45, 2.75) is 31.2 Å². The van der Waals surface area contributed by atoms with Gasteiger partial charge in [0.05, 0.1) is 0 Å². The molecule has 4 heteroatoms. The Hall–Kier alpha value is -0.670. The van der Waals surface area contributed by atoms with Crippen molar-refractivity contribution in [3.8, 4) is 0 Å². The number of hydrogen-bond acceptors (Lipinski definition) is 1. The molecule has 1 fully saturated rings. The van der Waals surface area contributed by atoms with Crippen molar-refractivity contribution in [3.05, 3.63) is 34.3 Å². The second-order valence-corrected chi connectivity index (χ2v) is 4.65. The SMILES string of the molecule is CC(F)(F)c1ccc(C2(N)CC2)c(Cl)c1. The van der Waals surface area contributed by atoms with Crippen LogP contribution < -0.4 is 5.73 Å². The molecule has 1 aliphatic rings. The minimum Gasteiger partial charge on any atom is -0.321 e. The topological polar surface area (TPSA) is 26.0 Å². The summed E-state index contributed by atoms with van der Waals surface area (Å²) in [6.45, 7) is 0.855. The minimum absolute atomic E-state index is 0.0690. The van der Waals surface area contributed by atoms with Crippen LogP contribution in [-0.2, 0) is 11.5 Å². The molecule has 0 unspecified atom stereocenters. The van der Waals surface area contributed by atoms with Gasteiger partial charge in [-0.05, 0) is 24.5 Å². The van der Waals surface area contributed by atoms with Crippen LogP contribution in [0.25, 0.3) is 0 Å². The molecule has 1 nitrogen and oxygen atoms in total. The third kappa shape index (κ3) is 1.99. The van der Waals surface area contributed by atoms with E-state index in [4.69, 9.17) is 17.3 Å². The maximum absolute atomic E-state index is 13.0. The van der Waals surface area contributed by atoms with Crippen LogP contribution >= 0.6 is 11.6 Å². The fourth-order valence-corrected chi connectivity index (χ4v) is 1.96. The minimum atomic E-state index is -2.85. The van der Waals surface area contributed by atoms with Crippen molar-refractivity contribution >= 4 is 11.6 Å². The smallest absolute Gasteiger partial charge is 0.270 e. The van der Waals surface area contributed by atoms with Gasteiger partial charge in [-0.15, -0.1) is 0 Å². The molecular weight excluding hydrogens is 220 g/mol. The van der Waals surface area contributed by atoms with Gasteiger partial charge < -0.3 is 5.73 Å². The molecule has 2 N–H and O–H groups in total. The third-order valence-corrected chi connectivity index (χ3v) is 3.11. The summed E-state index contributed by atoms with van der Waals surface area (Å²) in [6.07, 6.45) is 1.74. The van der Waals surface area contributed by atoms with Crippen molar-refractivity contribution in [2.24, 2.45) is 5.73 Å². The zero-order valence-corrected chi connectivity index (χ0v) is 9.11. The highest BCUT2D eigenvalue weighted by Gasteiger charge is 2.41. The highest BCUT2D eigenvalue weighted by Crippen LogP contribution is 2.46. The van der Waals surface area contributed by atoms with E-state index in [9.17, 15) is 8.78 Å². The number of halogens is 3. The van der Waals surface area contributed by atoms with E-state index in [0.717, 1.165) is 25.3 Å². The van der Waals surface area contributed by atoms with Gasteiger partial charge in [-0.3, -0.25) is 0 Å². The van der Waals surface area contributed by atoms with E-state index in [2.05, 4.69) is 0 Å². The lowest BCUT2D eigenvalue weighted by atomic mass is 10.0. The first-order chi connectivity index (χ1) is 6.83. The third-order valence-electron chi connectivity index (χ3n) is 2.80. The molecule has 1 aromatic rings. The van der Waals surface area contributed by atoms with Crippen LogP contribution in [0.2, 0.25) is 5.02 Å². The molecule has 1 aliphatic carbocycles. The van der Waals surface area contributed by atoms with Crippen LogP contribution in [0.15, 0.2) is 18.2 Å². The summed E-state index contributed by atoms with van der Waals surface area (Å²) in [5, 5.41) is 0.342. The Labute approximate surface area is 92.2 Å². The van der Waals surface area contributed by atoms with E-state index >= 15 is 0 Å². The fourth-order valence-electron chi connectivity index (χ4n) is 1.60. The van der Waals surface area contributed by atoms with Gasteiger partial charge in [0.25, 0.3) is 5.92 Å². The van der Waals surface area contributed by atoms with E-state index in [-0.39, 0.29) is 11.1 Å². The van der Waals surface area contributed by atoms with Crippen LogP contribution in [0.4, 0.5) is 8.78 Å². The molecule has 2 rings (SSSR count). The van der Waals surface area contributed by atoms with Crippen LogP contribution in [0.1, 0.15) is 30.9 Å². The lowest BCUT2D eigenvalue weighted by Gasteiger charge is -2.15. The number of nitrogens with two attached hydrogens (primary N) is 1. The Morgan fingerprint density at radius 3 is 2.40 bits per heavy atom. The van der Waals surface area contributed by atoms with Crippen LogP contribution in [0, 0.1) is 0 Å². The molecule has 1 saturated carbocycles. The molecule has 0 aliphatic heterocycles. The highest BCUT2D eigenvalue weighted by atomic mass is 35.5. The Morgan fingerprint density at radius 1 is 1.40 bits per heavy atom. The molecule has 1 aromatic carbocycles. The summed E-state index contributed by atoms with van der Waals surface area (Å²) < 4.78 is 26.0. The molecule has 0 bridgehead atoms. The van der Waals surface area contributed by atoms with E-state index in [1.54, 1.807) is 6.07 Å². The first-order valence-corrected chi connectivity index (χ1v) is 5.18. The quantitative estimate of drug-likeness (QED) is 0.830. The maximum Gasteiger partial charge on any atom is 0.270 e. The Balaban J connectivity index is 2.40. The summed E-state index contributed by atoms with van der Waals surface area (Å²) in [5.41, 5.74) is 6.29. The molecule has 0 spiro atoms. The van der Waals surface area contributed by atoms with Gasteiger partial charge in [-0.25, -0.2) is 8.78 Å². The van der Waals surface area contributed by atoms with E-state index in [1.807, 2.05) is 0 Å². The maximum atomic E-state index is 13.0. The Bertz CT molecular complexity index is 394. The second kappa shape index (κ2) is 3.16. The summed E-state index contributed by atoms with van der Waals surface area (Å²) >= 11 is 5.95. The molecule has 0 amide bonds. The average molecular weight is 232 g/mol. The highest BCUT2D eigenvalue weighted by molar-refractivity contribution is 6.31. The summed E-state index contributed by atoms with van der Waals surface area (Å²) in [4.78, 5) is 0. The Kier molecular flexibility index (Phi) is 2.28. The van der Waals surface area contributed by atoms with Gasteiger partial charge >= 0.3 is 0 Å². The lowest BCUT2D eigenvalue weighted by Crippen LogP contribution is -2.19. The molecule has 15 heavy (non-hydrogen) atoms. The van der Waals surface area contributed by atoms with E-state index < -0.39 is 5.92 Å². The summed E-state index contributed by atoms with van der Waals surface area (Å²) in [6, 6.07) is 4.32. The predicted octanol–water partition coefficient (Wildman–Crippen LogP) is 3.40. The largest absolute Gasteiger partial charge is 0.321 e. The summed E-state index contributed by atoms with van der Waals surface area (Å²) in [5.74, 6) is -2.85. The molecule has 0 radical (unpaired) electrons. The summed E-state index contributed by atoms with van der Waals surface area (Å²) in [7, 11) is 0. The molecular formula is C11H12ClF2N. The first kappa shape index (κ1) is 10.8. The van der Waals surface area contributed by atoms with Gasteiger partial charge in [0.15, 0.2) is 0 Å². The van der Waals surface area contributed by atoms with Crippen LogP contribution in [0.5, 0.6) is 0 Å². The first-order valence-electron chi connectivity index (χ1n) is 4.80. The normalized spacial score (nSPS) is 19.0. The second-order valence-electron chi connectivity index (χ2n) is 4.24. The zero-order chi connectivity index (χ0) is 11.3. The lowest BCUT2D eigenvalue weighted by molar-refractivity contribution is 0.0174. The van der Waals surface area contributed by atoms with E-state index in [1.165, 1.54) is 12.1 Å². The molecule has 0 heterocycles. The number of alkyl halides is 2. The number of rotatable bonds is 2. The van der Waals surface area contributed by atoms with Crippen molar-refractivity contribution in [3.63, 3.8) is 0 Å². The number of hydrogen-bond donors (Lipinski definition) is 1. The van der Waals surface area contributed by atoms with Crippen molar-refractivity contribution < 1.29 is 8.78 Å². The monoisotopic (exact) mass is 231 g/mol. The van der Waals surface area contributed by atoms with Crippen LogP contribution in [0.3, 0.4) is 0 Å². The van der Waals surface area contributed by atoms with Gasteiger partial charge in [0, 0.05) is 23.0 Å². The number of benzene rings is 1. The van der Waals surface area contributed by atoms with Gasteiger partial charge in [-0.2, -0.15) is 0 Å². The van der Waals surface area contributed by atoms with E-state index in [0.29, 0.717) is 5.02 Å². The zero-order valence-electron chi connectivity index (χ0n) is 8.36. The van der Waals surface area contributed by atoms with Gasteiger partial charge in [0.2, 0.25) is 0 Å². The van der Waals surface area contributed by atoms with Crippen molar-refractivity contribution in [1.82, 2.24) is 0 Å². The van der Waals surface area contributed by atoms with Gasteiger partial charge in [-0.1, -0.05) is 23.7 Å². The van der Waals surface area contributed by atoms with Crippen molar-refractivity contribution in [2.75, 3.05) is 0 Å². The average Bonchev–Trinajstić information content (AvgIpc) is 2.82. The molecule has 0 saturated heterocycles.